The lowest BCUT2D eigenvalue weighted by atomic mass is 9.91. The van der Waals surface area contributed by atoms with Crippen molar-refractivity contribution in [1.82, 2.24) is 9.55 Å². The molecule has 1 aromatic heterocycles. The first-order valence-corrected chi connectivity index (χ1v) is 8.93. The minimum Gasteiger partial charge on any atom is -0.497 e. The SMILES string of the molecule is COc1ccc(-n2c(O)c(C=N[C@@H]3CCCC[C@H]3N)c(=O)[nH]c2=S)cc1. The highest BCUT2D eigenvalue weighted by atomic mass is 32.1. The zero-order valence-corrected chi connectivity index (χ0v) is 15.3. The molecule has 0 amide bonds. The Balaban J connectivity index is 2.01. The Morgan fingerprint density at radius 3 is 2.69 bits per heavy atom. The summed E-state index contributed by atoms with van der Waals surface area (Å²) in [6, 6.07) is 6.91. The van der Waals surface area contributed by atoms with Crippen LogP contribution in [0.1, 0.15) is 31.2 Å². The van der Waals surface area contributed by atoms with E-state index in [9.17, 15) is 9.90 Å². The summed E-state index contributed by atoms with van der Waals surface area (Å²) in [5, 5.41) is 10.6. The van der Waals surface area contributed by atoms with Crippen LogP contribution in [0.25, 0.3) is 5.69 Å². The van der Waals surface area contributed by atoms with Crippen molar-refractivity contribution in [3.05, 3.63) is 45.0 Å². The molecule has 1 aliphatic carbocycles. The van der Waals surface area contributed by atoms with Crippen molar-refractivity contribution in [3.63, 3.8) is 0 Å². The van der Waals surface area contributed by atoms with E-state index >= 15 is 0 Å². The van der Waals surface area contributed by atoms with E-state index in [1.54, 1.807) is 31.4 Å². The number of hydrogen-bond acceptors (Lipinski definition) is 6. The van der Waals surface area contributed by atoms with E-state index in [1.165, 1.54) is 10.8 Å². The molecule has 0 spiro atoms. The average Bonchev–Trinajstić information content (AvgIpc) is 2.63. The van der Waals surface area contributed by atoms with E-state index in [2.05, 4.69) is 9.98 Å². The van der Waals surface area contributed by atoms with Crippen LogP contribution in [0.2, 0.25) is 0 Å². The van der Waals surface area contributed by atoms with Crippen molar-refractivity contribution < 1.29 is 9.84 Å². The van der Waals surface area contributed by atoms with Gasteiger partial charge in [-0.2, -0.15) is 0 Å². The van der Waals surface area contributed by atoms with Gasteiger partial charge in [-0.1, -0.05) is 12.8 Å². The second-order valence-corrected chi connectivity index (χ2v) is 6.71. The Kier molecular flexibility index (Phi) is 5.53. The molecule has 1 aliphatic rings. The Morgan fingerprint density at radius 1 is 1.35 bits per heavy atom. The van der Waals surface area contributed by atoms with Crippen LogP contribution < -0.4 is 16.0 Å². The van der Waals surface area contributed by atoms with Crippen molar-refractivity contribution in [2.45, 2.75) is 37.8 Å². The first kappa shape index (κ1) is 18.3. The smallest absolute Gasteiger partial charge is 0.264 e. The number of rotatable bonds is 4. The number of ether oxygens (including phenoxy) is 1. The standard InChI is InChI=1S/C18H22N4O3S/c1-25-12-8-6-11(7-9-12)22-17(24)13(16(23)21-18(22)26)10-20-15-5-3-2-4-14(15)19/h6-10,14-15,24H,2-5,19H2,1H3,(H,21,23,26)/t14-,15-/m1/s1. The van der Waals surface area contributed by atoms with Gasteiger partial charge in [-0.15, -0.1) is 0 Å². The normalized spacial score (nSPS) is 20.4. The van der Waals surface area contributed by atoms with E-state index in [4.69, 9.17) is 22.7 Å². The summed E-state index contributed by atoms with van der Waals surface area (Å²) in [6.45, 7) is 0. The first-order chi connectivity index (χ1) is 12.5. The van der Waals surface area contributed by atoms with Gasteiger partial charge in [0, 0.05) is 12.3 Å². The van der Waals surface area contributed by atoms with Crippen LogP contribution in [-0.2, 0) is 0 Å². The Labute approximate surface area is 156 Å². The number of aliphatic imine (C=N–C) groups is 1. The van der Waals surface area contributed by atoms with Gasteiger partial charge in [-0.25, -0.2) is 0 Å². The average molecular weight is 374 g/mol. The zero-order valence-electron chi connectivity index (χ0n) is 14.5. The van der Waals surface area contributed by atoms with E-state index < -0.39 is 5.56 Å². The Hall–Kier alpha value is -2.45. The second kappa shape index (κ2) is 7.84. The molecule has 1 fully saturated rings. The van der Waals surface area contributed by atoms with Gasteiger partial charge in [-0.3, -0.25) is 19.3 Å². The van der Waals surface area contributed by atoms with Crippen LogP contribution in [0.5, 0.6) is 11.6 Å². The monoisotopic (exact) mass is 374 g/mol. The molecule has 26 heavy (non-hydrogen) atoms. The molecule has 0 aliphatic heterocycles. The molecular formula is C18H22N4O3S. The molecule has 1 saturated carbocycles. The molecule has 0 unspecified atom stereocenters. The zero-order chi connectivity index (χ0) is 18.7. The van der Waals surface area contributed by atoms with Crippen molar-refractivity contribution in [2.75, 3.05) is 7.11 Å². The van der Waals surface area contributed by atoms with Crippen LogP contribution in [0.15, 0.2) is 34.1 Å². The minimum atomic E-state index is -0.481. The maximum absolute atomic E-state index is 12.3. The third-order valence-electron chi connectivity index (χ3n) is 4.63. The van der Waals surface area contributed by atoms with Gasteiger partial charge in [0.05, 0.1) is 18.8 Å². The molecule has 1 aromatic carbocycles. The predicted octanol–water partition coefficient (Wildman–Crippen LogP) is 2.30. The van der Waals surface area contributed by atoms with E-state index in [-0.39, 0.29) is 28.3 Å². The van der Waals surface area contributed by atoms with Gasteiger partial charge in [0.15, 0.2) is 4.77 Å². The van der Waals surface area contributed by atoms with Crippen molar-refractivity contribution in [3.8, 4) is 17.3 Å². The maximum Gasteiger partial charge on any atom is 0.264 e. The molecule has 7 nitrogen and oxygen atoms in total. The Bertz CT molecular complexity index is 918. The van der Waals surface area contributed by atoms with Crippen LogP contribution in [0.3, 0.4) is 0 Å². The topological polar surface area (TPSA) is 106 Å². The summed E-state index contributed by atoms with van der Waals surface area (Å²) in [6.07, 6.45) is 5.37. The molecular weight excluding hydrogens is 352 g/mol. The number of nitrogens with one attached hydrogen (secondary N) is 1. The molecule has 138 valence electrons. The minimum absolute atomic E-state index is 0.0202. The van der Waals surface area contributed by atoms with E-state index in [0.717, 1.165) is 25.7 Å². The molecule has 0 saturated heterocycles. The number of nitrogens with two attached hydrogens (primary N) is 1. The van der Waals surface area contributed by atoms with E-state index in [0.29, 0.717) is 11.4 Å². The first-order valence-electron chi connectivity index (χ1n) is 8.52. The van der Waals surface area contributed by atoms with Gasteiger partial charge < -0.3 is 15.6 Å². The van der Waals surface area contributed by atoms with Crippen molar-refractivity contribution >= 4 is 18.4 Å². The summed E-state index contributed by atoms with van der Waals surface area (Å²) in [5.74, 6) is 0.425. The van der Waals surface area contributed by atoms with Crippen LogP contribution >= 0.6 is 12.2 Å². The van der Waals surface area contributed by atoms with Crippen molar-refractivity contribution in [2.24, 2.45) is 10.7 Å². The summed E-state index contributed by atoms with van der Waals surface area (Å²) < 4.78 is 6.62. The van der Waals surface area contributed by atoms with Gasteiger partial charge >= 0.3 is 0 Å². The Morgan fingerprint density at radius 2 is 2.04 bits per heavy atom. The van der Waals surface area contributed by atoms with Gasteiger partial charge in [0.1, 0.15) is 11.3 Å². The van der Waals surface area contributed by atoms with Crippen LogP contribution in [0.4, 0.5) is 0 Å². The molecule has 3 rings (SSSR count). The fourth-order valence-corrected chi connectivity index (χ4v) is 3.41. The number of benzene rings is 1. The molecule has 4 N–H and O–H groups in total. The number of aromatic nitrogens is 2. The predicted molar refractivity (Wildman–Crippen MR) is 103 cm³/mol. The fraction of sp³-hybridized carbons (Fsp3) is 0.389. The number of aromatic amines is 1. The maximum atomic E-state index is 12.3. The highest BCUT2D eigenvalue weighted by Crippen LogP contribution is 2.22. The largest absolute Gasteiger partial charge is 0.497 e. The summed E-state index contributed by atoms with van der Waals surface area (Å²) >= 11 is 5.21. The van der Waals surface area contributed by atoms with Crippen molar-refractivity contribution in [1.29, 1.82) is 0 Å². The number of H-pyrrole nitrogens is 1. The number of hydrogen-bond donors (Lipinski definition) is 3. The van der Waals surface area contributed by atoms with Gasteiger partial charge in [0.25, 0.3) is 5.56 Å². The highest BCUT2D eigenvalue weighted by Gasteiger charge is 2.21. The number of nitrogens with zero attached hydrogens (tertiary/aromatic N) is 2. The third kappa shape index (κ3) is 3.71. The molecule has 8 heteroatoms. The van der Waals surface area contributed by atoms with Crippen LogP contribution in [-0.4, -0.2) is 40.1 Å². The fourth-order valence-electron chi connectivity index (χ4n) is 3.12. The molecule has 1 heterocycles. The van der Waals surface area contributed by atoms with Crippen LogP contribution in [0, 0.1) is 4.77 Å². The lowest BCUT2D eigenvalue weighted by molar-refractivity contribution is 0.387. The molecule has 0 bridgehead atoms. The lowest BCUT2D eigenvalue weighted by Gasteiger charge is -2.25. The number of methoxy groups -OCH3 is 1. The molecule has 2 atom stereocenters. The van der Waals surface area contributed by atoms with E-state index in [1.807, 2.05) is 0 Å². The molecule has 2 aromatic rings. The molecule has 0 radical (unpaired) electrons. The summed E-state index contributed by atoms with van der Waals surface area (Å²) in [4.78, 5) is 19.3. The van der Waals surface area contributed by atoms with Gasteiger partial charge in [-0.05, 0) is 49.3 Å². The highest BCUT2D eigenvalue weighted by molar-refractivity contribution is 7.71. The number of aromatic hydroxyl groups is 1. The second-order valence-electron chi connectivity index (χ2n) is 6.32. The lowest BCUT2D eigenvalue weighted by Crippen LogP contribution is -2.36. The third-order valence-corrected chi connectivity index (χ3v) is 4.91. The summed E-state index contributed by atoms with van der Waals surface area (Å²) in [7, 11) is 1.57. The summed E-state index contributed by atoms with van der Waals surface area (Å²) in [5.41, 5.74) is 6.28. The van der Waals surface area contributed by atoms with Gasteiger partial charge in [0.2, 0.25) is 5.88 Å². The quantitative estimate of drug-likeness (QED) is 0.562.